The third kappa shape index (κ3) is 2.21. The van der Waals surface area contributed by atoms with E-state index < -0.39 is 0 Å². The molecule has 2 N–H and O–H groups in total. The van der Waals surface area contributed by atoms with E-state index in [4.69, 9.17) is 5.73 Å². The molecule has 0 aliphatic heterocycles. The minimum atomic E-state index is 0.277. The first-order chi connectivity index (χ1) is 9.34. The van der Waals surface area contributed by atoms with E-state index >= 15 is 0 Å². The highest BCUT2D eigenvalue weighted by atomic mass is 15.3. The highest BCUT2D eigenvalue weighted by molar-refractivity contribution is 5.70. The molecule has 1 aromatic carbocycles. The van der Waals surface area contributed by atoms with Crippen molar-refractivity contribution in [3.63, 3.8) is 0 Å². The van der Waals surface area contributed by atoms with Crippen LogP contribution in [0.3, 0.4) is 0 Å². The van der Waals surface area contributed by atoms with Gasteiger partial charge in [0, 0.05) is 23.6 Å². The molecule has 2 heterocycles. The maximum Gasteiger partial charge on any atom is 0.240 e. The number of benzene rings is 1. The van der Waals surface area contributed by atoms with Crippen molar-refractivity contribution in [1.82, 2.24) is 30.4 Å². The molecule has 0 spiro atoms. The molecule has 0 atom stereocenters. The second-order valence-electron chi connectivity index (χ2n) is 3.71. The Morgan fingerprint density at radius 3 is 2.00 bits per heavy atom. The summed E-state index contributed by atoms with van der Waals surface area (Å²) in [6.45, 7) is 0. The first kappa shape index (κ1) is 11.1. The zero-order chi connectivity index (χ0) is 13.1. The highest BCUT2D eigenvalue weighted by Crippen LogP contribution is 2.20. The van der Waals surface area contributed by atoms with E-state index in [0.717, 1.165) is 0 Å². The van der Waals surface area contributed by atoms with Crippen LogP contribution in [-0.4, -0.2) is 30.4 Å². The van der Waals surface area contributed by atoms with Crippen molar-refractivity contribution in [1.29, 1.82) is 0 Å². The molecule has 3 rings (SSSR count). The fraction of sp³-hybridized carbons (Fsp3) is 0. The monoisotopic (exact) mass is 251 g/mol. The normalized spacial score (nSPS) is 10.3. The summed E-state index contributed by atoms with van der Waals surface area (Å²) in [5, 5.41) is 15.9. The fourth-order valence-electron chi connectivity index (χ4n) is 1.54. The summed E-state index contributed by atoms with van der Waals surface area (Å²) in [4.78, 5) is 8.06. The van der Waals surface area contributed by atoms with Gasteiger partial charge in [0.25, 0.3) is 0 Å². The second kappa shape index (κ2) is 4.73. The van der Waals surface area contributed by atoms with Gasteiger partial charge >= 0.3 is 0 Å². The Bertz CT molecular complexity index is 682. The largest absolute Gasteiger partial charge is 0.398 e. The second-order valence-corrected chi connectivity index (χ2v) is 3.71. The van der Waals surface area contributed by atoms with Gasteiger partial charge in [-0.05, 0) is 18.2 Å². The summed E-state index contributed by atoms with van der Waals surface area (Å²) in [6.07, 6.45) is 3.21. The lowest BCUT2D eigenvalue weighted by Gasteiger charge is -2.02. The Hall–Kier alpha value is -2.96. The summed E-state index contributed by atoms with van der Waals surface area (Å²) >= 11 is 0. The van der Waals surface area contributed by atoms with Gasteiger partial charge in [-0.15, -0.1) is 20.4 Å². The van der Waals surface area contributed by atoms with E-state index in [0.29, 0.717) is 22.9 Å². The number of nitrogens with zero attached hydrogens (tertiary/aromatic N) is 6. The summed E-state index contributed by atoms with van der Waals surface area (Å²) in [5.41, 5.74) is 7.12. The van der Waals surface area contributed by atoms with Crippen molar-refractivity contribution in [2.45, 2.75) is 0 Å². The summed E-state index contributed by atoms with van der Waals surface area (Å²) in [7, 11) is 0. The van der Waals surface area contributed by atoms with Crippen molar-refractivity contribution in [3.05, 3.63) is 42.7 Å². The Morgan fingerprint density at radius 1 is 0.684 bits per heavy atom. The molecule has 0 fully saturated rings. The van der Waals surface area contributed by atoms with Gasteiger partial charge < -0.3 is 5.73 Å². The number of hydrogen-bond acceptors (Lipinski definition) is 7. The molecule has 19 heavy (non-hydrogen) atoms. The quantitative estimate of drug-likeness (QED) is 0.677. The van der Waals surface area contributed by atoms with Crippen molar-refractivity contribution >= 4 is 5.69 Å². The third-order valence-corrected chi connectivity index (χ3v) is 2.45. The van der Waals surface area contributed by atoms with E-state index in [9.17, 15) is 0 Å². The van der Waals surface area contributed by atoms with Gasteiger partial charge in [-0.3, -0.25) is 0 Å². The fourth-order valence-corrected chi connectivity index (χ4v) is 1.54. The Balaban J connectivity index is 1.98. The lowest BCUT2D eigenvalue weighted by atomic mass is 10.2. The number of nitrogen functional groups attached to an aromatic ring is 1. The zero-order valence-corrected chi connectivity index (χ0v) is 9.80. The Kier molecular flexibility index (Phi) is 2.77. The van der Waals surface area contributed by atoms with E-state index in [2.05, 4.69) is 30.4 Å². The molecule has 0 aliphatic carbocycles. The molecule has 0 radical (unpaired) electrons. The Labute approximate surface area is 108 Å². The van der Waals surface area contributed by atoms with Crippen LogP contribution in [0.1, 0.15) is 0 Å². The molecule has 7 heteroatoms. The molecule has 2 aromatic heterocycles. The maximum absolute atomic E-state index is 5.84. The van der Waals surface area contributed by atoms with E-state index in [1.165, 1.54) is 0 Å². The van der Waals surface area contributed by atoms with E-state index in [1.54, 1.807) is 24.5 Å². The average molecular weight is 251 g/mol. The number of anilines is 1. The number of para-hydroxylation sites is 1. The van der Waals surface area contributed by atoms with Crippen molar-refractivity contribution < 1.29 is 0 Å². The minimum absolute atomic E-state index is 0.277. The van der Waals surface area contributed by atoms with Crippen molar-refractivity contribution in [2.24, 2.45) is 0 Å². The topological polar surface area (TPSA) is 103 Å². The first-order valence-corrected chi connectivity index (χ1v) is 5.54. The predicted octanol–water partition coefficient (Wildman–Crippen LogP) is 0.973. The van der Waals surface area contributed by atoms with Gasteiger partial charge in [0.15, 0.2) is 0 Å². The van der Waals surface area contributed by atoms with Crippen LogP contribution in [0.15, 0.2) is 42.7 Å². The van der Waals surface area contributed by atoms with Crippen LogP contribution >= 0.6 is 0 Å². The molecule has 0 unspecified atom stereocenters. The van der Waals surface area contributed by atoms with Gasteiger partial charge in [-0.25, -0.2) is 9.97 Å². The van der Waals surface area contributed by atoms with Crippen molar-refractivity contribution in [2.75, 3.05) is 5.73 Å². The lowest BCUT2D eigenvalue weighted by Crippen LogP contribution is -2.02. The minimum Gasteiger partial charge on any atom is -0.398 e. The third-order valence-electron chi connectivity index (χ3n) is 2.45. The smallest absolute Gasteiger partial charge is 0.240 e. The van der Waals surface area contributed by atoms with Crippen molar-refractivity contribution in [3.8, 4) is 23.0 Å². The Morgan fingerprint density at radius 2 is 1.32 bits per heavy atom. The van der Waals surface area contributed by atoms with Crippen LogP contribution in [0.5, 0.6) is 0 Å². The van der Waals surface area contributed by atoms with Crippen LogP contribution in [0.4, 0.5) is 5.69 Å². The van der Waals surface area contributed by atoms with Gasteiger partial charge in [0.05, 0.1) is 0 Å². The number of rotatable bonds is 2. The van der Waals surface area contributed by atoms with Crippen LogP contribution < -0.4 is 5.73 Å². The molecule has 7 nitrogen and oxygen atoms in total. The molecule has 3 aromatic rings. The van der Waals surface area contributed by atoms with Crippen LogP contribution in [0.2, 0.25) is 0 Å². The van der Waals surface area contributed by atoms with Gasteiger partial charge in [0.2, 0.25) is 17.5 Å². The molecule has 0 saturated carbocycles. The molecule has 0 bridgehead atoms. The summed E-state index contributed by atoms with van der Waals surface area (Å²) in [6, 6.07) is 8.98. The van der Waals surface area contributed by atoms with Gasteiger partial charge in [-0.1, -0.05) is 12.1 Å². The summed E-state index contributed by atoms with van der Waals surface area (Å²) in [5.74, 6) is 1.03. The first-order valence-electron chi connectivity index (χ1n) is 5.54. The predicted molar refractivity (Wildman–Crippen MR) is 68.5 cm³/mol. The van der Waals surface area contributed by atoms with E-state index in [1.807, 2.05) is 18.2 Å². The lowest BCUT2D eigenvalue weighted by molar-refractivity contribution is 0.862. The number of hydrogen-bond donors (Lipinski definition) is 1. The number of aromatic nitrogens is 6. The average Bonchev–Trinajstić information content (AvgIpc) is 2.49. The molecular formula is C12H9N7. The molecule has 0 saturated heterocycles. The zero-order valence-electron chi connectivity index (χ0n) is 9.80. The number of nitrogens with two attached hydrogens (primary N) is 1. The van der Waals surface area contributed by atoms with Gasteiger partial charge in [-0.2, -0.15) is 0 Å². The van der Waals surface area contributed by atoms with Gasteiger partial charge in [0.1, 0.15) is 0 Å². The van der Waals surface area contributed by atoms with Crippen LogP contribution in [0.25, 0.3) is 23.0 Å². The molecule has 92 valence electrons. The molecule has 0 aliphatic rings. The van der Waals surface area contributed by atoms with Crippen LogP contribution in [-0.2, 0) is 0 Å². The standard InChI is InChI=1S/C12H9N7/c13-9-5-2-1-4-8(9)10-16-18-12(19-17-10)11-14-6-3-7-15-11/h1-7H,13H2. The van der Waals surface area contributed by atoms with E-state index in [-0.39, 0.29) is 5.82 Å². The highest BCUT2D eigenvalue weighted by Gasteiger charge is 2.09. The molecule has 0 amide bonds. The maximum atomic E-state index is 5.84. The summed E-state index contributed by atoms with van der Waals surface area (Å²) < 4.78 is 0. The molecular weight excluding hydrogens is 242 g/mol. The SMILES string of the molecule is Nc1ccccc1-c1nnc(-c2ncccn2)nn1. The van der Waals surface area contributed by atoms with Crippen LogP contribution in [0, 0.1) is 0 Å².